The third-order valence-corrected chi connectivity index (χ3v) is 5.41. The van der Waals surface area contributed by atoms with Crippen molar-refractivity contribution >= 4 is 5.91 Å². The topological polar surface area (TPSA) is 77.2 Å². The second-order valence-corrected chi connectivity index (χ2v) is 7.52. The van der Waals surface area contributed by atoms with Crippen LogP contribution in [0.2, 0.25) is 0 Å². The van der Waals surface area contributed by atoms with Gasteiger partial charge in [-0.3, -0.25) is 4.79 Å². The highest BCUT2D eigenvalue weighted by Crippen LogP contribution is 2.32. The highest BCUT2D eigenvalue weighted by atomic mass is 19.1. The predicted octanol–water partition coefficient (Wildman–Crippen LogP) is 3.80. The molecule has 0 fully saturated rings. The van der Waals surface area contributed by atoms with Gasteiger partial charge in [0.2, 0.25) is 11.8 Å². The Balaban J connectivity index is 1.37. The smallest absolute Gasteiger partial charge is 0.250 e. The van der Waals surface area contributed by atoms with E-state index in [9.17, 15) is 9.18 Å². The summed E-state index contributed by atoms with van der Waals surface area (Å²) in [5.41, 5.74) is 9.06. The first-order valence-corrected chi connectivity index (χ1v) is 10.1. The van der Waals surface area contributed by atoms with Crippen LogP contribution in [-0.4, -0.2) is 23.5 Å². The van der Waals surface area contributed by atoms with Crippen LogP contribution in [0.5, 0.6) is 11.6 Å². The van der Waals surface area contributed by atoms with Gasteiger partial charge in [0.1, 0.15) is 11.6 Å². The minimum Gasteiger partial charge on any atom is -0.439 e. The molecule has 0 radical (unpaired) electrons. The van der Waals surface area contributed by atoms with E-state index in [0.29, 0.717) is 17.5 Å². The fourth-order valence-electron chi connectivity index (χ4n) is 3.85. The molecule has 1 aromatic heterocycles. The van der Waals surface area contributed by atoms with Crippen molar-refractivity contribution in [2.24, 2.45) is 5.73 Å². The molecule has 4 rings (SSSR count). The number of hydrogen-bond donors (Lipinski definition) is 2. The number of pyridine rings is 1. The molecule has 0 saturated carbocycles. The van der Waals surface area contributed by atoms with Crippen molar-refractivity contribution in [1.82, 2.24) is 10.3 Å². The lowest BCUT2D eigenvalue weighted by Gasteiger charge is -2.27. The maximum absolute atomic E-state index is 13.3. The number of halogens is 1. The van der Waals surface area contributed by atoms with Gasteiger partial charge in [0.05, 0.1) is 5.56 Å². The van der Waals surface area contributed by atoms with Crippen molar-refractivity contribution in [3.63, 3.8) is 0 Å². The van der Waals surface area contributed by atoms with Crippen LogP contribution in [0.3, 0.4) is 0 Å². The number of nitrogens with zero attached hydrogens (tertiary/aromatic N) is 1. The Hall–Kier alpha value is -3.25. The zero-order valence-electron chi connectivity index (χ0n) is 16.6. The van der Waals surface area contributed by atoms with Crippen LogP contribution in [-0.2, 0) is 19.3 Å². The fourth-order valence-corrected chi connectivity index (χ4v) is 3.85. The van der Waals surface area contributed by atoms with Crippen LogP contribution in [0.15, 0.2) is 60.8 Å². The van der Waals surface area contributed by atoms with Gasteiger partial charge in [0, 0.05) is 18.3 Å². The number of carbonyl (C=O) groups is 1. The summed E-state index contributed by atoms with van der Waals surface area (Å²) in [4.78, 5) is 15.4. The Kier molecular flexibility index (Phi) is 6.05. The Labute approximate surface area is 175 Å². The molecule has 3 aromatic rings. The summed E-state index contributed by atoms with van der Waals surface area (Å²) in [5.74, 6) is 0.529. The summed E-state index contributed by atoms with van der Waals surface area (Å²) in [6, 6.07) is 16.5. The van der Waals surface area contributed by atoms with Crippen molar-refractivity contribution in [2.75, 3.05) is 6.54 Å². The molecule has 3 N–H and O–H groups in total. The lowest BCUT2D eigenvalue weighted by Crippen LogP contribution is -2.35. The molecule has 30 heavy (non-hydrogen) atoms. The third kappa shape index (κ3) is 4.83. The number of hydrogen-bond acceptors (Lipinski definition) is 4. The first-order valence-electron chi connectivity index (χ1n) is 10.1. The number of aromatic nitrogens is 1. The molecule has 1 unspecified atom stereocenters. The van der Waals surface area contributed by atoms with Crippen molar-refractivity contribution in [2.45, 2.75) is 31.7 Å². The second-order valence-electron chi connectivity index (χ2n) is 7.52. The number of nitrogens with one attached hydrogen (secondary N) is 1. The zero-order chi connectivity index (χ0) is 20.9. The number of carbonyl (C=O) groups excluding carboxylic acids is 1. The molecule has 154 valence electrons. The van der Waals surface area contributed by atoms with E-state index in [1.165, 1.54) is 23.4 Å². The summed E-state index contributed by atoms with van der Waals surface area (Å²) < 4.78 is 19.3. The standard InChI is InChI=1S/C24H24FN3O2/c25-19-5-1-3-16(13-19)11-12-27-20-8-9-21-17(14-20)4-2-6-22(21)30-23-10-7-18(15-28-23)24(26)29/h1-7,10,13,15,20,27H,8-9,11-12,14H2,(H2,26,29). The molecule has 0 bridgehead atoms. The summed E-state index contributed by atoms with van der Waals surface area (Å²) in [6.45, 7) is 0.815. The minimum atomic E-state index is -0.512. The van der Waals surface area contributed by atoms with Gasteiger partial charge in [-0.1, -0.05) is 24.3 Å². The summed E-state index contributed by atoms with van der Waals surface area (Å²) in [5, 5.41) is 3.60. The Morgan fingerprint density at radius 2 is 2.07 bits per heavy atom. The molecule has 1 amide bonds. The van der Waals surface area contributed by atoms with Crippen LogP contribution in [0.25, 0.3) is 0 Å². The molecule has 1 aliphatic carbocycles. The molecule has 1 heterocycles. The lowest BCUT2D eigenvalue weighted by atomic mass is 9.87. The van der Waals surface area contributed by atoms with E-state index < -0.39 is 5.91 Å². The van der Waals surface area contributed by atoms with E-state index in [1.54, 1.807) is 24.3 Å². The van der Waals surface area contributed by atoms with Gasteiger partial charge < -0.3 is 15.8 Å². The van der Waals surface area contributed by atoms with Gasteiger partial charge in [-0.25, -0.2) is 9.37 Å². The molecule has 5 nitrogen and oxygen atoms in total. The summed E-state index contributed by atoms with van der Waals surface area (Å²) in [7, 11) is 0. The summed E-state index contributed by atoms with van der Waals surface area (Å²) in [6.07, 6.45) is 5.06. The molecule has 0 spiro atoms. The number of benzene rings is 2. The van der Waals surface area contributed by atoms with Gasteiger partial charge in [-0.15, -0.1) is 0 Å². The van der Waals surface area contributed by atoms with Crippen molar-refractivity contribution in [3.05, 3.63) is 88.9 Å². The number of ether oxygens (including phenoxy) is 1. The molecule has 0 saturated heterocycles. The Morgan fingerprint density at radius 1 is 1.20 bits per heavy atom. The predicted molar refractivity (Wildman–Crippen MR) is 113 cm³/mol. The molecule has 6 heteroatoms. The van der Waals surface area contributed by atoms with Crippen molar-refractivity contribution in [1.29, 1.82) is 0 Å². The SMILES string of the molecule is NC(=O)c1ccc(Oc2cccc3c2CCC(NCCc2cccc(F)c2)C3)nc1. The van der Waals surface area contributed by atoms with Gasteiger partial charge in [0.15, 0.2) is 0 Å². The number of amides is 1. The van der Waals surface area contributed by atoms with E-state index >= 15 is 0 Å². The van der Waals surface area contributed by atoms with Crippen LogP contribution < -0.4 is 15.8 Å². The van der Waals surface area contributed by atoms with Crippen LogP contribution >= 0.6 is 0 Å². The normalized spacial score (nSPS) is 15.4. The number of nitrogens with two attached hydrogens (primary N) is 1. The molecule has 1 atom stereocenters. The average molecular weight is 405 g/mol. The quantitative estimate of drug-likeness (QED) is 0.627. The number of rotatable bonds is 7. The number of primary amides is 1. The number of fused-ring (bicyclic) bond motifs is 1. The Bertz CT molecular complexity index is 1040. The highest BCUT2D eigenvalue weighted by molar-refractivity contribution is 5.92. The van der Waals surface area contributed by atoms with Crippen LogP contribution in [0, 0.1) is 5.82 Å². The summed E-state index contributed by atoms with van der Waals surface area (Å²) >= 11 is 0. The van der Waals surface area contributed by atoms with Crippen LogP contribution in [0.4, 0.5) is 4.39 Å². The lowest BCUT2D eigenvalue weighted by molar-refractivity contribution is 0.1000. The zero-order valence-corrected chi connectivity index (χ0v) is 16.6. The first kappa shape index (κ1) is 20.0. The van der Waals surface area contributed by atoms with Crippen LogP contribution in [0.1, 0.15) is 33.5 Å². The van der Waals surface area contributed by atoms with E-state index in [1.807, 2.05) is 18.2 Å². The molecular formula is C24H24FN3O2. The second kappa shape index (κ2) is 9.05. The average Bonchev–Trinajstić information content (AvgIpc) is 2.74. The van der Waals surface area contributed by atoms with Gasteiger partial charge in [-0.2, -0.15) is 0 Å². The molecule has 2 aromatic carbocycles. The first-order chi connectivity index (χ1) is 14.6. The van der Waals surface area contributed by atoms with Gasteiger partial charge >= 0.3 is 0 Å². The van der Waals surface area contributed by atoms with Crippen molar-refractivity contribution in [3.8, 4) is 11.6 Å². The minimum absolute atomic E-state index is 0.189. The largest absolute Gasteiger partial charge is 0.439 e. The maximum atomic E-state index is 13.3. The van der Waals surface area contributed by atoms with Crippen molar-refractivity contribution < 1.29 is 13.9 Å². The van der Waals surface area contributed by atoms with Gasteiger partial charge in [-0.05, 0) is 73.2 Å². The van der Waals surface area contributed by atoms with Gasteiger partial charge in [0.25, 0.3) is 0 Å². The van der Waals surface area contributed by atoms with E-state index in [-0.39, 0.29) is 5.82 Å². The highest BCUT2D eigenvalue weighted by Gasteiger charge is 2.21. The van der Waals surface area contributed by atoms with E-state index in [2.05, 4.69) is 16.4 Å². The Morgan fingerprint density at radius 3 is 2.83 bits per heavy atom. The molecule has 1 aliphatic rings. The molecular weight excluding hydrogens is 381 g/mol. The van der Waals surface area contributed by atoms with E-state index in [0.717, 1.165) is 43.5 Å². The fraction of sp³-hybridized carbons (Fsp3) is 0.250. The maximum Gasteiger partial charge on any atom is 0.250 e. The van der Waals surface area contributed by atoms with E-state index in [4.69, 9.17) is 10.5 Å². The molecule has 0 aliphatic heterocycles. The third-order valence-electron chi connectivity index (χ3n) is 5.41. The monoisotopic (exact) mass is 405 g/mol.